The van der Waals surface area contributed by atoms with Crippen LogP contribution in [0.25, 0.3) is 11.4 Å². The summed E-state index contributed by atoms with van der Waals surface area (Å²) in [7, 11) is 0. The molecule has 0 saturated heterocycles. The number of nitrogens with zero attached hydrogens (tertiary/aromatic N) is 2. The Labute approximate surface area is 145 Å². The van der Waals surface area contributed by atoms with Crippen LogP contribution in [-0.4, -0.2) is 16.7 Å². The zero-order chi connectivity index (χ0) is 16.9. The summed E-state index contributed by atoms with van der Waals surface area (Å²) in [5, 5.41) is 8.00. The van der Waals surface area contributed by atoms with E-state index in [4.69, 9.17) is 20.9 Å². The van der Waals surface area contributed by atoms with E-state index >= 15 is 0 Å². The third-order valence-electron chi connectivity index (χ3n) is 3.59. The lowest BCUT2D eigenvalue weighted by molar-refractivity contribution is 0.340. The quantitative estimate of drug-likeness (QED) is 0.702. The van der Waals surface area contributed by atoms with Crippen molar-refractivity contribution in [2.75, 3.05) is 11.9 Å². The number of nitrogens with one attached hydrogen (secondary N) is 1. The van der Waals surface area contributed by atoms with Crippen molar-refractivity contribution >= 4 is 17.3 Å². The summed E-state index contributed by atoms with van der Waals surface area (Å²) >= 11 is 6.11. The molecule has 0 aliphatic heterocycles. The van der Waals surface area contributed by atoms with Gasteiger partial charge in [-0.1, -0.05) is 22.8 Å². The normalized spacial score (nSPS) is 10.6. The van der Waals surface area contributed by atoms with E-state index in [-0.39, 0.29) is 0 Å². The SMILES string of the molecule is CCOc1ccc(-c2noc(CNc3cccc(Cl)c3C)n2)cc1. The molecular weight excluding hydrogens is 326 g/mol. The van der Waals surface area contributed by atoms with Crippen molar-refractivity contribution in [3.05, 3.63) is 58.9 Å². The monoisotopic (exact) mass is 343 g/mol. The van der Waals surface area contributed by atoms with E-state index < -0.39 is 0 Å². The average molecular weight is 344 g/mol. The van der Waals surface area contributed by atoms with Gasteiger partial charge in [-0.05, 0) is 55.8 Å². The number of benzene rings is 2. The van der Waals surface area contributed by atoms with Gasteiger partial charge in [0.2, 0.25) is 11.7 Å². The second kappa shape index (κ2) is 7.36. The van der Waals surface area contributed by atoms with Gasteiger partial charge >= 0.3 is 0 Å². The zero-order valence-electron chi connectivity index (χ0n) is 13.5. The third-order valence-corrected chi connectivity index (χ3v) is 4.00. The highest BCUT2D eigenvalue weighted by Crippen LogP contribution is 2.24. The van der Waals surface area contributed by atoms with Gasteiger partial charge in [0.05, 0.1) is 13.2 Å². The van der Waals surface area contributed by atoms with Crippen LogP contribution >= 0.6 is 11.6 Å². The average Bonchev–Trinajstić information content (AvgIpc) is 3.06. The standard InChI is InChI=1S/C18H18ClN3O2/c1-3-23-14-9-7-13(8-10-14)18-21-17(24-22-18)11-20-16-6-4-5-15(19)12(16)2/h4-10,20H,3,11H2,1-2H3. The first-order valence-electron chi connectivity index (χ1n) is 7.72. The number of hydrogen-bond acceptors (Lipinski definition) is 5. The van der Waals surface area contributed by atoms with Crippen LogP contribution in [0.2, 0.25) is 5.02 Å². The molecule has 0 spiro atoms. The van der Waals surface area contributed by atoms with Crippen LogP contribution in [0.1, 0.15) is 18.4 Å². The minimum absolute atomic E-state index is 0.436. The molecule has 1 N–H and O–H groups in total. The van der Waals surface area contributed by atoms with Gasteiger partial charge in [-0.25, -0.2) is 0 Å². The molecule has 0 radical (unpaired) electrons. The molecule has 0 fully saturated rings. The van der Waals surface area contributed by atoms with Crippen molar-refractivity contribution < 1.29 is 9.26 Å². The molecule has 0 bridgehead atoms. The fraction of sp³-hybridized carbons (Fsp3) is 0.222. The van der Waals surface area contributed by atoms with Crippen LogP contribution in [0.3, 0.4) is 0 Å². The first-order valence-corrected chi connectivity index (χ1v) is 8.10. The molecule has 0 aliphatic rings. The smallest absolute Gasteiger partial charge is 0.246 e. The number of halogens is 1. The Balaban J connectivity index is 1.68. The Kier molecular flexibility index (Phi) is 5.01. The first-order chi connectivity index (χ1) is 11.7. The molecule has 0 atom stereocenters. The molecule has 2 aromatic carbocycles. The Morgan fingerprint density at radius 3 is 2.71 bits per heavy atom. The second-order valence-electron chi connectivity index (χ2n) is 5.24. The predicted molar refractivity (Wildman–Crippen MR) is 94.4 cm³/mol. The molecule has 124 valence electrons. The number of aromatic nitrogens is 2. The van der Waals surface area contributed by atoms with Crippen LogP contribution < -0.4 is 10.1 Å². The van der Waals surface area contributed by atoms with E-state index in [0.29, 0.717) is 24.9 Å². The van der Waals surface area contributed by atoms with Crippen LogP contribution in [-0.2, 0) is 6.54 Å². The van der Waals surface area contributed by atoms with Crippen molar-refractivity contribution in [2.45, 2.75) is 20.4 Å². The summed E-state index contributed by atoms with van der Waals surface area (Å²) in [6.07, 6.45) is 0. The predicted octanol–water partition coefficient (Wildman–Crippen LogP) is 4.71. The van der Waals surface area contributed by atoms with E-state index in [9.17, 15) is 0 Å². The molecule has 24 heavy (non-hydrogen) atoms. The van der Waals surface area contributed by atoms with E-state index in [2.05, 4.69) is 15.5 Å². The Hall–Kier alpha value is -2.53. The summed E-state index contributed by atoms with van der Waals surface area (Å²) in [5.74, 6) is 1.89. The number of anilines is 1. The van der Waals surface area contributed by atoms with Gasteiger partial charge in [0.15, 0.2) is 0 Å². The lowest BCUT2D eigenvalue weighted by atomic mass is 10.2. The van der Waals surface area contributed by atoms with Gasteiger partial charge in [-0.2, -0.15) is 4.98 Å². The lowest BCUT2D eigenvalue weighted by Gasteiger charge is -2.08. The van der Waals surface area contributed by atoms with Crippen molar-refractivity contribution in [2.24, 2.45) is 0 Å². The zero-order valence-corrected chi connectivity index (χ0v) is 14.3. The van der Waals surface area contributed by atoms with Crippen molar-refractivity contribution in [1.82, 2.24) is 10.1 Å². The molecular formula is C18H18ClN3O2. The van der Waals surface area contributed by atoms with Gasteiger partial charge in [0.1, 0.15) is 5.75 Å². The Morgan fingerprint density at radius 2 is 1.96 bits per heavy atom. The molecule has 0 saturated carbocycles. The number of rotatable bonds is 6. The van der Waals surface area contributed by atoms with Gasteiger partial charge < -0.3 is 14.6 Å². The summed E-state index contributed by atoms with van der Waals surface area (Å²) < 4.78 is 10.7. The number of ether oxygens (including phenoxy) is 1. The molecule has 1 aromatic heterocycles. The van der Waals surface area contributed by atoms with Crippen LogP contribution in [0.4, 0.5) is 5.69 Å². The van der Waals surface area contributed by atoms with Gasteiger partial charge in [-0.3, -0.25) is 0 Å². The molecule has 0 aliphatic carbocycles. The molecule has 5 nitrogen and oxygen atoms in total. The largest absolute Gasteiger partial charge is 0.494 e. The van der Waals surface area contributed by atoms with Crippen molar-refractivity contribution in [3.63, 3.8) is 0 Å². The summed E-state index contributed by atoms with van der Waals surface area (Å²) in [4.78, 5) is 4.41. The first kappa shape index (κ1) is 16.3. The maximum Gasteiger partial charge on any atom is 0.246 e. The maximum absolute atomic E-state index is 6.11. The highest BCUT2D eigenvalue weighted by Gasteiger charge is 2.09. The van der Waals surface area contributed by atoms with E-state index in [1.54, 1.807) is 0 Å². The van der Waals surface area contributed by atoms with Crippen LogP contribution in [0.15, 0.2) is 47.0 Å². The van der Waals surface area contributed by atoms with Crippen LogP contribution in [0.5, 0.6) is 5.75 Å². The van der Waals surface area contributed by atoms with Crippen molar-refractivity contribution in [1.29, 1.82) is 0 Å². The third kappa shape index (κ3) is 3.68. The van der Waals surface area contributed by atoms with E-state index in [0.717, 1.165) is 27.6 Å². The lowest BCUT2D eigenvalue weighted by Crippen LogP contribution is -2.01. The fourth-order valence-corrected chi connectivity index (χ4v) is 2.46. The number of hydrogen-bond donors (Lipinski definition) is 1. The molecule has 0 amide bonds. The van der Waals surface area contributed by atoms with Gasteiger partial charge in [0.25, 0.3) is 0 Å². The summed E-state index contributed by atoms with van der Waals surface area (Å²) in [5.41, 5.74) is 2.82. The highest BCUT2D eigenvalue weighted by molar-refractivity contribution is 6.31. The fourth-order valence-electron chi connectivity index (χ4n) is 2.28. The molecule has 3 aromatic rings. The topological polar surface area (TPSA) is 60.2 Å². The summed E-state index contributed by atoms with van der Waals surface area (Å²) in [6, 6.07) is 13.3. The molecule has 1 heterocycles. The molecule has 0 unspecified atom stereocenters. The minimum atomic E-state index is 0.436. The van der Waals surface area contributed by atoms with Crippen molar-refractivity contribution in [3.8, 4) is 17.1 Å². The van der Waals surface area contributed by atoms with Gasteiger partial charge in [0, 0.05) is 16.3 Å². The van der Waals surface area contributed by atoms with Gasteiger partial charge in [-0.15, -0.1) is 0 Å². The maximum atomic E-state index is 6.11. The molecule has 3 rings (SSSR count). The van der Waals surface area contributed by atoms with E-state index in [1.807, 2.05) is 56.3 Å². The second-order valence-corrected chi connectivity index (χ2v) is 5.64. The Bertz CT molecular complexity index is 815. The van der Waals surface area contributed by atoms with Crippen LogP contribution in [0, 0.1) is 6.92 Å². The Morgan fingerprint density at radius 1 is 1.17 bits per heavy atom. The van der Waals surface area contributed by atoms with E-state index in [1.165, 1.54) is 0 Å². The highest BCUT2D eigenvalue weighted by atomic mass is 35.5. The summed E-state index contributed by atoms with van der Waals surface area (Å²) in [6.45, 7) is 4.99. The molecule has 6 heteroatoms. The minimum Gasteiger partial charge on any atom is -0.494 e.